The molecule has 0 radical (unpaired) electrons. The molecule has 0 fully saturated rings. The summed E-state index contributed by atoms with van der Waals surface area (Å²) in [6.45, 7) is 1.38. The molecule has 0 aromatic carbocycles. The molecule has 0 aromatic heterocycles. The first kappa shape index (κ1) is 5.68. The van der Waals surface area contributed by atoms with Crippen molar-refractivity contribution in [3.05, 3.63) is 0 Å². The van der Waals surface area contributed by atoms with Crippen molar-refractivity contribution in [3.8, 4) is 0 Å². The molecule has 46 valence electrons. The molecule has 1 aliphatic heterocycles. The molecule has 8 heavy (non-hydrogen) atoms. The molecule has 0 spiro atoms. The van der Waals surface area contributed by atoms with Crippen molar-refractivity contribution < 1.29 is 17.1 Å². The Labute approximate surface area is 46.2 Å². The third kappa shape index (κ3) is 1.03. The summed E-state index contributed by atoms with van der Waals surface area (Å²) in [5, 5.41) is 0. The van der Waals surface area contributed by atoms with Gasteiger partial charge in [-0.05, 0) is 0 Å². The Morgan fingerprint density at radius 2 is 2.38 bits per heavy atom. The first-order valence-corrected chi connectivity index (χ1v) is 4.00. The molecule has 2 nitrogen and oxygen atoms in total. The zero-order valence-corrected chi connectivity index (χ0v) is 5.28. The van der Waals surface area contributed by atoms with Gasteiger partial charge in [0, 0.05) is 0 Å². The molecular weight excluding hydrogens is 134 g/mol. The fraction of sp³-hybridized carbons (Fsp3) is 0.667. The minimum absolute atomic E-state index is 0.00154. The van der Waals surface area contributed by atoms with Gasteiger partial charge in [-0.15, -0.1) is 0 Å². The molecule has 0 amide bonds. The fourth-order valence-electron chi connectivity index (χ4n) is 0.455. The predicted octanol–water partition coefficient (Wildman–Crippen LogP) is 0.516. The Hall–Kier alpha value is -0.453. The Bertz CT molecular complexity index is 133. The highest BCUT2D eigenvalue weighted by molar-refractivity contribution is 6.61. The lowest BCUT2D eigenvalue weighted by molar-refractivity contribution is -0.437. The zero-order valence-electron chi connectivity index (χ0n) is 4.28. The topological polar surface area (TPSA) is 20.5 Å². The molecular formula is C3H5F2O2Si+. The van der Waals surface area contributed by atoms with Crippen LogP contribution in [0.5, 0.6) is 0 Å². The van der Waals surface area contributed by atoms with E-state index in [2.05, 4.69) is 8.85 Å². The van der Waals surface area contributed by atoms with E-state index in [9.17, 15) is 8.22 Å². The van der Waals surface area contributed by atoms with Crippen molar-refractivity contribution in [1.82, 2.24) is 0 Å². The van der Waals surface area contributed by atoms with E-state index in [1.54, 1.807) is 0 Å². The Kier molecular flexibility index (Phi) is 1.07. The van der Waals surface area contributed by atoms with E-state index in [0.717, 1.165) is 0 Å². The molecule has 5 heteroatoms. The quantitative estimate of drug-likeness (QED) is 0.272. The van der Waals surface area contributed by atoms with Crippen molar-refractivity contribution in [1.29, 1.82) is 0 Å². The molecule has 1 rings (SSSR count). The maximum atomic E-state index is 12.0. The second-order valence-electron chi connectivity index (χ2n) is 1.52. The van der Waals surface area contributed by atoms with Gasteiger partial charge < -0.3 is 8.85 Å². The van der Waals surface area contributed by atoms with E-state index in [4.69, 9.17) is 0 Å². The van der Waals surface area contributed by atoms with Crippen LogP contribution in [0.4, 0.5) is 8.22 Å². The van der Waals surface area contributed by atoms with Crippen molar-refractivity contribution in [3.63, 3.8) is 0 Å². The molecule has 1 aliphatic rings. The van der Waals surface area contributed by atoms with Gasteiger partial charge >= 0.3 is 21.2 Å². The van der Waals surface area contributed by atoms with Crippen molar-refractivity contribution in [2.75, 3.05) is 6.23 Å². The summed E-state index contributed by atoms with van der Waals surface area (Å²) in [5.74, 6) is 0.00154. The van der Waals surface area contributed by atoms with Crippen LogP contribution in [-0.4, -0.2) is 21.2 Å². The number of hydrogen-bond donors (Lipinski definition) is 0. The molecule has 0 unspecified atom stereocenters. The Morgan fingerprint density at radius 1 is 1.75 bits per heavy atom. The fourth-order valence-corrected chi connectivity index (χ4v) is 1.36. The first-order valence-electron chi connectivity index (χ1n) is 2.13. The minimum Gasteiger partial charge on any atom is -0.351 e. The highest BCUT2D eigenvalue weighted by Crippen LogP contribution is 2.12. The number of carbonyl (C=O) groups excluding carboxylic acids is 1. The maximum Gasteiger partial charge on any atom is 0.867 e. The molecule has 0 atom stereocenters. The summed E-state index contributed by atoms with van der Waals surface area (Å²) in [6.07, 6.45) is -0.515. The average Bonchev–Trinajstić information content (AvgIpc) is 1.82. The van der Waals surface area contributed by atoms with Gasteiger partial charge in [-0.25, -0.2) is 8.22 Å². The minimum atomic E-state index is -4.36. The van der Waals surface area contributed by atoms with Gasteiger partial charge in [0.2, 0.25) is 0 Å². The summed E-state index contributed by atoms with van der Waals surface area (Å²) in [7, 11) is -4.36. The van der Waals surface area contributed by atoms with Crippen LogP contribution in [0.2, 0.25) is 0 Å². The van der Waals surface area contributed by atoms with Crippen LogP contribution in [0, 0.1) is 0 Å². The lowest BCUT2D eigenvalue weighted by atomic mass is 10.8. The normalized spacial score (nSPS) is 24.6. The van der Waals surface area contributed by atoms with Crippen LogP contribution in [0.1, 0.15) is 6.92 Å². The Morgan fingerprint density at radius 3 is 2.50 bits per heavy atom. The van der Waals surface area contributed by atoms with Gasteiger partial charge in [0.1, 0.15) is 0 Å². The highest BCUT2D eigenvalue weighted by atomic mass is 28.4. The van der Waals surface area contributed by atoms with Gasteiger partial charge in [0.15, 0.2) is 0 Å². The molecule has 0 saturated carbocycles. The second kappa shape index (κ2) is 1.51. The lowest BCUT2D eigenvalue weighted by Gasteiger charge is -1.86. The standard InChI is InChI=1S/C3H5F2O2Si/c1-3-6-2-8(4,5)7-3/h2H2,1H3/q+1. The van der Waals surface area contributed by atoms with Crippen molar-refractivity contribution >= 4 is 15.0 Å². The summed E-state index contributed by atoms with van der Waals surface area (Å²) < 4.78 is 32.4. The van der Waals surface area contributed by atoms with Gasteiger partial charge in [-0.3, -0.25) is 0 Å². The van der Waals surface area contributed by atoms with Gasteiger partial charge in [-0.1, -0.05) is 0 Å². The van der Waals surface area contributed by atoms with Crippen LogP contribution in [-0.2, 0) is 8.85 Å². The van der Waals surface area contributed by atoms with Crippen LogP contribution < -0.4 is 0 Å². The van der Waals surface area contributed by atoms with E-state index in [0.29, 0.717) is 0 Å². The third-order valence-corrected chi connectivity index (χ3v) is 1.80. The van der Waals surface area contributed by atoms with Crippen LogP contribution in [0.3, 0.4) is 0 Å². The van der Waals surface area contributed by atoms with Crippen LogP contribution in [0.25, 0.3) is 0 Å². The SMILES string of the molecule is CC1=[O+]C[Si](F)(F)O1. The summed E-state index contributed by atoms with van der Waals surface area (Å²) >= 11 is 0. The van der Waals surface area contributed by atoms with E-state index in [-0.39, 0.29) is 5.97 Å². The lowest BCUT2D eigenvalue weighted by Crippen LogP contribution is -2.27. The smallest absolute Gasteiger partial charge is 0.351 e. The maximum absolute atomic E-state index is 12.0. The summed E-state index contributed by atoms with van der Waals surface area (Å²) in [6, 6.07) is 0. The third-order valence-electron chi connectivity index (χ3n) is 0.737. The van der Waals surface area contributed by atoms with Crippen LogP contribution in [0.15, 0.2) is 0 Å². The van der Waals surface area contributed by atoms with E-state index >= 15 is 0 Å². The Balaban J connectivity index is 2.55. The average molecular weight is 139 g/mol. The van der Waals surface area contributed by atoms with Gasteiger partial charge in [-0.2, -0.15) is 0 Å². The monoisotopic (exact) mass is 139 g/mol. The van der Waals surface area contributed by atoms with Gasteiger partial charge in [0.05, 0.1) is 6.92 Å². The molecule has 1 heterocycles. The largest absolute Gasteiger partial charge is 0.867 e. The summed E-state index contributed by atoms with van der Waals surface area (Å²) in [4.78, 5) is 0. The van der Waals surface area contributed by atoms with Crippen LogP contribution >= 0.6 is 0 Å². The van der Waals surface area contributed by atoms with E-state index in [1.165, 1.54) is 6.92 Å². The number of hydrogen-bond acceptors (Lipinski definition) is 1. The second-order valence-corrected chi connectivity index (χ2v) is 3.29. The van der Waals surface area contributed by atoms with Crippen molar-refractivity contribution in [2.24, 2.45) is 0 Å². The first-order chi connectivity index (χ1) is 3.60. The molecule has 0 N–H and O–H groups in total. The van der Waals surface area contributed by atoms with E-state index < -0.39 is 15.2 Å². The highest BCUT2D eigenvalue weighted by Gasteiger charge is 2.61. The molecule has 0 saturated heterocycles. The number of halogens is 2. The molecule has 0 aliphatic carbocycles. The van der Waals surface area contributed by atoms with Crippen molar-refractivity contribution in [2.45, 2.75) is 6.92 Å². The molecule has 0 aromatic rings. The number of rotatable bonds is 0. The van der Waals surface area contributed by atoms with Gasteiger partial charge in [0.25, 0.3) is 0 Å². The van der Waals surface area contributed by atoms with E-state index in [1.807, 2.05) is 0 Å². The zero-order chi connectivity index (χ0) is 6.20. The molecule has 0 bridgehead atoms. The predicted molar refractivity (Wildman–Crippen MR) is 24.6 cm³/mol. The summed E-state index contributed by atoms with van der Waals surface area (Å²) in [5.41, 5.74) is 0.